The van der Waals surface area contributed by atoms with Gasteiger partial charge in [-0.2, -0.15) is 0 Å². The summed E-state index contributed by atoms with van der Waals surface area (Å²) in [7, 11) is 0. The third-order valence-corrected chi connectivity index (χ3v) is 5.32. The van der Waals surface area contributed by atoms with E-state index in [2.05, 4.69) is 74.0 Å². The Morgan fingerprint density at radius 3 is 2.05 bits per heavy atom. The van der Waals surface area contributed by atoms with Crippen molar-refractivity contribution in [3.05, 3.63) is 69.2 Å². The van der Waals surface area contributed by atoms with Gasteiger partial charge in [-0.05, 0) is 53.1 Å². The van der Waals surface area contributed by atoms with Gasteiger partial charge in [0.25, 0.3) is 0 Å². The molecular weight excluding hydrogens is 344 g/mol. The number of alkyl halides is 1. The van der Waals surface area contributed by atoms with Gasteiger partial charge < -0.3 is 0 Å². The first-order valence-corrected chi connectivity index (χ1v) is 8.50. The average molecular weight is 366 g/mol. The van der Waals surface area contributed by atoms with Gasteiger partial charge >= 0.3 is 0 Å². The number of rotatable bonds is 2. The molecule has 0 radical (unpaired) electrons. The molecule has 2 rings (SSSR count). The van der Waals surface area contributed by atoms with Crippen molar-refractivity contribution in [1.29, 1.82) is 0 Å². The maximum absolute atomic E-state index is 6.19. The van der Waals surface area contributed by atoms with Crippen molar-refractivity contribution in [1.82, 2.24) is 0 Å². The summed E-state index contributed by atoms with van der Waals surface area (Å²) in [4.78, 5) is 0.197. The van der Waals surface area contributed by atoms with Crippen molar-refractivity contribution < 1.29 is 0 Å². The Morgan fingerprint density at radius 2 is 1.52 bits per heavy atom. The maximum atomic E-state index is 6.19. The van der Waals surface area contributed by atoms with Gasteiger partial charge in [0, 0.05) is 5.02 Å². The standard InChI is InChI=1S/C19H22BrCl/c1-12-11-17(21)13(2)10-16(12)18(20)14-6-8-15(9-7-14)19(3,4)5/h6-11,18H,1-5H3. The van der Waals surface area contributed by atoms with E-state index >= 15 is 0 Å². The van der Waals surface area contributed by atoms with Crippen molar-refractivity contribution in [2.24, 2.45) is 0 Å². The minimum atomic E-state index is 0.188. The van der Waals surface area contributed by atoms with E-state index in [9.17, 15) is 0 Å². The van der Waals surface area contributed by atoms with E-state index in [0.29, 0.717) is 0 Å². The Hall–Kier alpha value is -0.790. The topological polar surface area (TPSA) is 0 Å². The fraction of sp³-hybridized carbons (Fsp3) is 0.368. The van der Waals surface area contributed by atoms with Gasteiger partial charge in [0.2, 0.25) is 0 Å². The maximum Gasteiger partial charge on any atom is 0.0647 e. The summed E-state index contributed by atoms with van der Waals surface area (Å²) in [6, 6.07) is 13.1. The minimum absolute atomic E-state index is 0.188. The Labute approximate surface area is 141 Å². The molecule has 0 N–H and O–H groups in total. The summed E-state index contributed by atoms with van der Waals surface area (Å²) in [5.41, 5.74) is 6.43. The highest BCUT2D eigenvalue weighted by molar-refractivity contribution is 9.09. The van der Waals surface area contributed by atoms with Crippen LogP contribution in [0.4, 0.5) is 0 Å². The van der Waals surface area contributed by atoms with Gasteiger partial charge in [-0.25, -0.2) is 0 Å². The van der Waals surface area contributed by atoms with Gasteiger partial charge in [0.05, 0.1) is 4.83 Å². The molecule has 1 atom stereocenters. The summed E-state index contributed by atoms with van der Waals surface area (Å²) in [5, 5.41) is 0.832. The van der Waals surface area contributed by atoms with E-state index in [-0.39, 0.29) is 10.2 Å². The first kappa shape index (κ1) is 16.6. The van der Waals surface area contributed by atoms with Gasteiger partial charge in [-0.15, -0.1) is 0 Å². The fourth-order valence-electron chi connectivity index (χ4n) is 2.41. The van der Waals surface area contributed by atoms with Crippen LogP contribution in [0.2, 0.25) is 5.02 Å². The predicted molar refractivity (Wildman–Crippen MR) is 96.8 cm³/mol. The molecule has 0 nitrogen and oxygen atoms in total. The summed E-state index contributed by atoms with van der Waals surface area (Å²) in [6.45, 7) is 10.9. The van der Waals surface area contributed by atoms with E-state index in [4.69, 9.17) is 11.6 Å². The molecule has 0 amide bonds. The molecule has 2 aromatic rings. The summed E-state index contributed by atoms with van der Waals surface area (Å²) >= 11 is 10.0. The van der Waals surface area contributed by atoms with Gasteiger partial charge in [-0.3, -0.25) is 0 Å². The minimum Gasteiger partial charge on any atom is -0.0840 e. The highest BCUT2D eigenvalue weighted by Gasteiger charge is 2.17. The van der Waals surface area contributed by atoms with Crippen molar-refractivity contribution >= 4 is 27.5 Å². The first-order valence-electron chi connectivity index (χ1n) is 7.21. The Morgan fingerprint density at radius 1 is 0.952 bits per heavy atom. The molecule has 2 heteroatoms. The smallest absolute Gasteiger partial charge is 0.0647 e. The molecule has 0 spiro atoms. The second kappa shape index (κ2) is 6.14. The zero-order chi connectivity index (χ0) is 15.8. The van der Waals surface area contributed by atoms with Crippen molar-refractivity contribution in [2.75, 3.05) is 0 Å². The largest absolute Gasteiger partial charge is 0.0840 e. The van der Waals surface area contributed by atoms with Crippen LogP contribution in [0.5, 0.6) is 0 Å². The zero-order valence-electron chi connectivity index (χ0n) is 13.3. The van der Waals surface area contributed by atoms with E-state index in [1.54, 1.807) is 0 Å². The van der Waals surface area contributed by atoms with Gasteiger partial charge in [-0.1, -0.05) is 78.6 Å². The summed E-state index contributed by atoms with van der Waals surface area (Å²) in [6.07, 6.45) is 0. The number of hydrogen-bond acceptors (Lipinski definition) is 0. The van der Waals surface area contributed by atoms with Crippen LogP contribution in [0.1, 0.15) is 53.4 Å². The predicted octanol–water partition coefficient (Wildman–Crippen LogP) is 6.74. The second-order valence-electron chi connectivity index (χ2n) is 6.69. The Bertz CT molecular complexity index is 636. The monoisotopic (exact) mass is 364 g/mol. The van der Waals surface area contributed by atoms with Crippen LogP contribution >= 0.6 is 27.5 Å². The third-order valence-electron chi connectivity index (χ3n) is 3.89. The molecular formula is C19H22BrCl. The quantitative estimate of drug-likeness (QED) is 0.517. The Kier molecular flexibility index (Phi) is 4.85. The lowest BCUT2D eigenvalue weighted by Gasteiger charge is -2.21. The summed E-state index contributed by atoms with van der Waals surface area (Å²) < 4.78 is 0. The van der Waals surface area contributed by atoms with Crippen LogP contribution in [0, 0.1) is 13.8 Å². The molecule has 21 heavy (non-hydrogen) atoms. The van der Waals surface area contributed by atoms with Crippen LogP contribution in [0.25, 0.3) is 0 Å². The molecule has 0 saturated carbocycles. The van der Waals surface area contributed by atoms with Crippen molar-refractivity contribution in [2.45, 2.75) is 44.9 Å². The average Bonchev–Trinajstić information content (AvgIpc) is 2.41. The highest BCUT2D eigenvalue weighted by Crippen LogP contribution is 2.36. The molecule has 0 bridgehead atoms. The lowest BCUT2D eigenvalue weighted by molar-refractivity contribution is 0.590. The summed E-state index contributed by atoms with van der Waals surface area (Å²) in [5.74, 6) is 0. The number of halogens is 2. The van der Waals surface area contributed by atoms with Gasteiger partial charge in [0.15, 0.2) is 0 Å². The molecule has 2 aromatic carbocycles. The molecule has 112 valence electrons. The number of benzene rings is 2. The number of aryl methyl sites for hydroxylation is 2. The van der Waals surface area contributed by atoms with Crippen molar-refractivity contribution in [3.63, 3.8) is 0 Å². The lowest BCUT2D eigenvalue weighted by Crippen LogP contribution is -2.10. The lowest BCUT2D eigenvalue weighted by atomic mass is 9.86. The second-order valence-corrected chi connectivity index (χ2v) is 8.02. The van der Waals surface area contributed by atoms with Crippen LogP contribution in [-0.4, -0.2) is 0 Å². The molecule has 0 fully saturated rings. The van der Waals surface area contributed by atoms with E-state index in [0.717, 1.165) is 10.6 Å². The fourth-order valence-corrected chi connectivity index (χ4v) is 3.42. The van der Waals surface area contributed by atoms with E-state index in [1.807, 2.05) is 13.0 Å². The Balaban J connectivity index is 2.36. The molecule has 0 aliphatic carbocycles. The van der Waals surface area contributed by atoms with E-state index < -0.39 is 0 Å². The van der Waals surface area contributed by atoms with Gasteiger partial charge in [0.1, 0.15) is 0 Å². The van der Waals surface area contributed by atoms with Crippen LogP contribution < -0.4 is 0 Å². The zero-order valence-corrected chi connectivity index (χ0v) is 15.6. The third kappa shape index (κ3) is 3.70. The number of hydrogen-bond donors (Lipinski definition) is 0. The van der Waals surface area contributed by atoms with Crippen LogP contribution in [0.15, 0.2) is 36.4 Å². The first-order chi connectivity index (χ1) is 9.70. The molecule has 0 aromatic heterocycles. The molecule has 0 aliphatic heterocycles. The highest BCUT2D eigenvalue weighted by atomic mass is 79.9. The molecule has 1 unspecified atom stereocenters. The SMILES string of the molecule is Cc1cc(C(Br)c2ccc(C(C)(C)C)cc2)c(C)cc1Cl. The molecule has 0 heterocycles. The normalized spacial score (nSPS) is 13.3. The van der Waals surface area contributed by atoms with E-state index in [1.165, 1.54) is 22.3 Å². The van der Waals surface area contributed by atoms with Crippen LogP contribution in [-0.2, 0) is 5.41 Å². The van der Waals surface area contributed by atoms with Crippen LogP contribution in [0.3, 0.4) is 0 Å². The molecule has 0 aliphatic rings. The molecule has 0 saturated heterocycles. The van der Waals surface area contributed by atoms with Crippen molar-refractivity contribution in [3.8, 4) is 0 Å².